The molecule has 0 saturated carbocycles. The molecule has 0 radical (unpaired) electrons. The maximum absolute atomic E-state index is 5.39. The molecule has 0 bridgehead atoms. The number of rotatable bonds is 1. The molecule has 1 fully saturated rings. The van der Waals surface area contributed by atoms with Crippen molar-refractivity contribution in [2.45, 2.75) is 12.8 Å². The maximum Gasteiger partial charge on any atom is 0.0680 e. The van der Waals surface area contributed by atoms with Crippen molar-refractivity contribution in [3.63, 3.8) is 0 Å². The minimum Gasteiger partial charge on any atom is -0.377 e. The Balaban J connectivity index is 2.10. The van der Waals surface area contributed by atoms with Crippen LogP contribution in [0, 0.1) is 0 Å². The van der Waals surface area contributed by atoms with E-state index in [1.807, 2.05) is 6.07 Å². The summed E-state index contributed by atoms with van der Waals surface area (Å²) < 4.78 is 5.39. The van der Waals surface area contributed by atoms with Crippen LogP contribution in [0.5, 0.6) is 0 Å². The van der Waals surface area contributed by atoms with E-state index in [0.29, 0.717) is 0 Å². The van der Waals surface area contributed by atoms with Crippen molar-refractivity contribution in [2.75, 3.05) is 13.2 Å². The molecule has 2 rings (SSSR count). The van der Waals surface area contributed by atoms with Gasteiger partial charge >= 0.3 is 0 Å². The van der Waals surface area contributed by atoms with E-state index in [2.05, 4.69) is 30.3 Å². The Labute approximate surface area is 79.0 Å². The molecule has 0 aliphatic carbocycles. The van der Waals surface area contributed by atoms with Gasteiger partial charge in [0, 0.05) is 6.61 Å². The minimum absolute atomic E-state index is 0.814. The highest BCUT2D eigenvalue weighted by Crippen LogP contribution is 2.15. The van der Waals surface area contributed by atoms with Crippen LogP contribution in [-0.2, 0) is 4.74 Å². The molecule has 1 heteroatoms. The summed E-state index contributed by atoms with van der Waals surface area (Å²) in [4.78, 5) is 0. The van der Waals surface area contributed by atoms with Gasteiger partial charge in [-0.3, -0.25) is 0 Å². The lowest BCUT2D eigenvalue weighted by molar-refractivity contribution is 0.131. The van der Waals surface area contributed by atoms with Crippen LogP contribution in [0.3, 0.4) is 0 Å². The molecule has 0 amide bonds. The Hall–Kier alpha value is -1.08. The lowest BCUT2D eigenvalue weighted by Crippen LogP contribution is -2.07. The number of hydrogen-bond acceptors (Lipinski definition) is 1. The summed E-state index contributed by atoms with van der Waals surface area (Å²) in [5, 5.41) is 0. The lowest BCUT2D eigenvalue weighted by Gasteiger charge is -2.14. The Morgan fingerprint density at radius 1 is 1.15 bits per heavy atom. The molecule has 1 aromatic carbocycles. The average Bonchev–Trinajstić information content (AvgIpc) is 2.21. The topological polar surface area (TPSA) is 9.23 Å². The predicted octanol–water partition coefficient (Wildman–Crippen LogP) is 2.88. The third-order valence-corrected chi connectivity index (χ3v) is 2.24. The fourth-order valence-corrected chi connectivity index (χ4v) is 1.58. The quantitative estimate of drug-likeness (QED) is 0.636. The number of benzene rings is 1. The van der Waals surface area contributed by atoms with Gasteiger partial charge in [-0.25, -0.2) is 0 Å². The van der Waals surface area contributed by atoms with Crippen LogP contribution in [0.2, 0.25) is 0 Å². The van der Waals surface area contributed by atoms with Gasteiger partial charge in [0.05, 0.1) is 6.61 Å². The smallest absolute Gasteiger partial charge is 0.0680 e. The fraction of sp³-hybridized carbons (Fsp3) is 0.333. The molecule has 0 unspecified atom stereocenters. The second-order valence-electron chi connectivity index (χ2n) is 3.37. The van der Waals surface area contributed by atoms with Gasteiger partial charge < -0.3 is 4.74 Å². The minimum atomic E-state index is 0.814. The first-order valence-corrected chi connectivity index (χ1v) is 4.77. The van der Waals surface area contributed by atoms with Crippen molar-refractivity contribution < 1.29 is 4.74 Å². The van der Waals surface area contributed by atoms with E-state index in [1.165, 1.54) is 24.0 Å². The van der Waals surface area contributed by atoms with Crippen LogP contribution >= 0.6 is 0 Å². The van der Waals surface area contributed by atoms with Crippen molar-refractivity contribution in [1.29, 1.82) is 0 Å². The van der Waals surface area contributed by atoms with E-state index < -0.39 is 0 Å². The Morgan fingerprint density at radius 2 is 2.00 bits per heavy atom. The zero-order valence-electron chi connectivity index (χ0n) is 7.70. The third kappa shape index (κ3) is 2.43. The van der Waals surface area contributed by atoms with Gasteiger partial charge in [0.25, 0.3) is 0 Å². The highest BCUT2D eigenvalue weighted by Gasteiger charge is 2.04. The molecule has 68 valence electrons. The monoisotopic (exact) mass is 174 g/mol. The Bertz CT molecular complexity index is 279. The Morgan fingerprint density at radius 3 is 2.69 bits per heavy atom. The molecule has 13 heavy (non-hydrogen) atoms. The summed E-state index contributed by atoms with van der Waals surface area (Å²) in [7, 11) is 0. The molecule has 1 aliphatic rings. The largest absolute Gasteiger partial charge is 0.377 e. The van der Waals surface area contributed by atoms with Crippen molar-refractivity contribution in [3.8, 4) is 0 Å². The van der Waals surface area contributed by atoms with E-state index in [0.717, 1.165) is 13.2 Å². The first-order chi connectivity index (χ1) is 6.45. The van der Waals surface area contributed by atoms with Crippen LogP contribution in [0.15, 0.2) is 35.9 Å². The average molecular weight is 174 g/mol. The lowest BCUT2D eigenvalue weighted by atomic mass is 10.1. The second-order valence-corrected chi connectivity index (χ2v) is 3.37. The molecule has 0 atom stereocenters. The Kier molecular flexibility index (Phi) is 2.78. The molecule has 0 N–H and O–H groups in total. The van der Waals surface area contributed by atoms with Crippen molar-refractivity contribution >= 4 is 6.08 Å². The molecular weight excluding hydrogens is 160 g/mol. The molecule has 1 aromatic rings. The molecule has 1 saturated heterocycles. The maximum atomic E-state index is 5.39. The zero-order chi connectivity index (χ0) is 8.93. The summed E-state index contributed by atoms with van der Waals surface area (Å²) >= 11 is 0. The second kappa shape index (κ2) is 4.24. The summed E-state index contributed by atoms with van der Waals surface area (Å²) in [6, 6.07) is 10.4. The summed E-state index contributed by atoms with van der Waals surface area (Å²) in [5.74, 6) is 0. The SMILES string of the molecule is C(=C1\CCCOC1)/c1ccccc1. The van der Waals surface area contributed by atoms with E-state index in [9.17, 15) is 0 Å². The molecule has 0 spiro atoms. The fourth-order valence-electron chi connectivity index (χ4n) is 1.58. The van der Waals surface area contributed by atoms with Crippen molar-refractivity contribution in [3.05, 3.63) is 41.5 Å². The van der Waals surface area contributed by atoms with Crippen LogP contribution in [-0.4, -0.2) is 13.2 Å². The van der Waals surface area contributed by atoms with Crippen LogP contribution in [0.4, 0.5) is 0 Å². The molecule has 1 heterocycles. The van der Waals surface area contributed by atoms with Crippen molar-refractivity contribution in [2.24, 2.45) is 0 Å². The van der Waals surface area contributed by atoms with Crippen LogP contribution in [0.25, 0.3) is 6.08 Å². The zero-order valence-corrected chi connectivity index (χ0v) is 7.70. The van der Waals surface area contributed by atoms with Gasteiger partial charge in [-0.2, -0.15) is 0 Å². The highest BCUT2D eigenvalue weighted by molar-refractivity contribution is 5.52. The van der Waals surface area contributed by atoms with Crippen LogP contribution < -0.4 is 0 Å². The molecular formula is C12H14O. The molecule has 1 aliphatic heterocycles. The van der Waals surface area contributed by atoms with Gasteiger partial charge in [-0.1, -0.05) is 36.4 Å². The summed E-state index contributed by atoms with van der Waals surface area (Å²) in [6.45, 7) is 1.74. The predicted molar refractivity (Wildman–Crippen MR) is 54.5 cm³/mol. The van der Waals surface area contributed by atoms with Gasteiger partial charge in [0.1, 0.15) is 0 Å². The van der Waals surface area contributed by atoms with Crippen LogP contribution in [0.1, 0.15) is 18.4 Å². The van der Waals surface area contributed by atoms with Crippen molar-refractivity contribution in [1.82, 2.24) is 0 Å². The van der Waals surface area contributed by atoms with E-state index in [4.69, 9.17) is 4.74 Å². The normalized spacial score (nSPS) is 20.5. The standard InChI is InChI=1S/C12H14O/c1-2-5-11(6-3-1)9-12-7-4-8-13-10-12/h1-3,5-6,9H,4,7-8,10H2/b12-9-. The first kappa shape index (κ1) is 8.52. The summed E-state index contributed by atoms with van der Waals surface area (Å²) in [6.07, 6.45) is 4.59. The van der Waals surface area contributed by atoms with Gasteiger partial charge in [-0.15, -0.1) is 0 Å². The molecule has 0 aromatic heterocycles. The third-order valence-electron chi connectivity index (χ3n) is 2.24. The van der Waals surface area contributed by atoms with Gasteiger partial charge in [0.15, 0.2) is 0 Å². The van der Waals surface area contributed by atoms with Gasteiger partial charge in [-0.05, 0) is 24.0 Å². The first-order valence-electron chi connectivity index (χ1n) is 4.77. The summed E-state index contributed by atoms with van der Waals surface area (Å²) in [5.41, 5.74) is 2.69. The highest BCUT2D eigenvalue weighted by atomic mass is 16.5. The van der Waals surface area contributed by atoms with E-state index >= 15 is 0 Å². The molecule has 1 nitrogen and oxygen atoms in total. The van der Waals surface area contributed by atoms with E-state index in [1.54, 1.807) is 0 Å². The number of hydrogen-bond donors (Lipinski definition) is 0. The number of ether oxygens (including phenoxy) is 1. The van der Waals surface area contributed by atoms with Gasteiger partial charge in [0.2, 0.25) is 0 Å². The van der Waals surface area contributed by atoms with E-state index in [-0.39, 0.29) is 0 Å².